The molecule has 0 saturated carbocycles. The van der Waals surface area contributed by atoms with Gasteiger partial charge in [0.15, 0.2) is 0 Å². The highest BCUT2D eigenvalue weighted by atomic mass is 19.1. The standard InChI is InChI=1S/C20H22FNO/c1-2-20(15-23-14-16-7-4-3-5-8-16)12-11-19(22-20)17-9-6-10-18(21)13-17/h2-10,13,19,22H,1,11-12,14-15H2/t19-,20-/m0/s1. The Bertz CT molecular complexity index is 658. The first-order chi connectivity index (χ1) is 11.2. The molecule has 2 nitrogen and oxygen atoms in total. The van der Waals surface area contributed by atoms with Gasteiger partial charge < -0.3 is 4.74 Å². The number of rotatable bonds is 6. The van der Waals surface area contributed by atoms with Crippen LogP contribution in [0.15, 0.2) is 67.3 Å². The molecule has 1 N–H and O–H groups in total. The quantitative estimate of drug-likeness (QED) is 0.799. The fourth-order valence-electron chi connectivity index (χ4n) is 3.13. The summed E-state index contributed by atoms with van der Waals surface area (Å²) in [6.45, 7) is 5.12. The van der Waals surface area contributed by atoms with Crippen LogP contribution in [0.25, 0.3) is 0 Å². The Kier molecular flexibility index (Phi) is 4.89. The number of ether oxygens (including phenoxy) is 1. The van der Waals surface area contributed by atoms with E-state index in [9.17, 15) is 4.39 Å². The smallest absolute Gasteiger partial charge is 0.123 e. The summed E-state index contributed by atoms with van der Waals surface area (Å²) in [7, 11) is 0. The molecule has 0 unspecified atom stereocenters. The lowest BCUT2D eigenvalue weighted by Gasteiger charge is -2.27. The summed E-state index contributed by atoms with van der Waals surface area (Å²) >= 11 is 0. The number of hydrogen-bond donors (Lipinski definition) is 1. The van der Waals surface area contributed by atoms with E-state index in [4.69, 9.17) is 4.74 Å². The molecule has 0 bridgehead atoms. The Morgan fingerprint density at radius 1 is 1.22 bits per heavy atom. The molecule has 1 aliphatic heterocycles. The van der Waals surface area contributed by atoms with Gasteiger partial charge in [0.1, 0.15) is 5.82 Å². The van der Waals surface area contributed by atoms with Gasteiger partial charge in [-0.1, -0.05) is 48.5 Å². The van der Waals surface area contributed by atoms with Crippen LogP contribution in [-0.2, 0) is 11.3 Å². The Hall–Kier alpha value is -1.97. The molecule has 23 heavy (non-hydrogen) atoms. The molecule has 120 valence electrons. The van der Waals surface area contributed by atoms with Crippen LogP contribution in [0.1, 0.15) is 30.0 Å². The van der Waals surface area contributed by atoms with Crippen LogP contribution in [0.2, 0.25) is 0 Å². The number of benzene rings is 2. The van der Waals surface area contributed by atoms with Crippen LogP contribution >= 0.6 is 0 Å². The van der Waals surface area contributed by atoms with Gasteiger partial charge in [-0.2, -0.15) is 0 Å². The Balaban J connectivity index is 1.60. The molecule has 3 rings (SSSR count). The van der Waals surface area contributed by atoms with Gasteiger partial charge >= 0.3 is 0 Å². The van der Waals surface area contributed by atoms with E-state index in [2.05, 4.69) is 24.0 Å². The summed E-state index contributed by atoms with van der Waals surface area (Å²) in [5.74, 6) is -0.194. The second-order valence-electron chi connectivity index (χ2n) is 6.13. The maximum atomic E-state index is 13.4. The van der Waals surface area contributed by atoms with E-state index in [1.165, 1.54) is 6.07 Å². The van der Waals surface area contributed by atoms with Crippen molar-refractivity contribution in [1.29, 1.82) is 0 Å². The molecule has 0 aliphatic carbocycles. The second kappa shape index (κ2) is 7.07. The Labute approximate surface area is 137 Å². The van der Waals surface area contributed by atoms with Gasteiger partial charge in [-0.15, -0.1) is 6.58 Å². The van der Waals surface area contributed by atoms with Gasteiger partial charge in [-0.25, -0.2) is 4.39 Å². The molecule has 1 aliphatic rings. The van der Waals surface area contributed by atoms with Gasteiger partial charge in [0, 0.05) is 6.04 Å². The van der Waals surface area contributed by atoms with E-state index >= 15 is 0 Å². The zero-order chi connectivity index (χ0) is 16.1. The molecule has 0 spiro atoms. The molecule has 2 atom stereocenters. The summed E-state index contributed by atoms with van der Waals surface area (Å²) < 4.78 is 19.3. The fourth-order valence-corrected chi connectivity index (χ4v) is 3.13. The third kappa shape index (κ3) is 3.87. The summed E-state index contributed by atoms with van der Waals surface area (Å²) in [6, 6.07) is 17.1. The van der Waals surface area contributed by atoms with Crippen LogP contribution in [0.4, 0.5) is 4.39 Å². The largest absolute Gasteiger partial charge is 0.375 e. The summed E-state index contributed by atoms with van der Waals surface area (Å²) in [6.07, 6.45) is 3.81. The number of halogens is 1. The predicted molar refractivity (Wildman–Crippen MR) is 90.5 cm³/mol. The van der Waals surface area contributed by atoms with Crippen molar-refractivity contribution in [3.8, 4) is 0 Å². The molecular formula is C20H22FNO. The third-order valence-electron chi connectivity index (χ3n) is 4.45. The van der Waals surface area contributed by atoms with Crippen LogP contribution in [0.3, 0.4) is 0 Å². The first-order valence-corrected chi connectivity index (χ1v) is 7.99. The summed E-state index contributed by atoms with van der Waals surface area (Å²) in [5.41, 5.74) is 1.90. The van der Waals surface area contributed by atoms with E-state index in [0.29, 0.717) is 13.2 Å². The van der Waals surface area contributed by atoms with Crippen molar-refractivity contribution in [3.05, 3.63) is 84.2 Å². The minimum atomic E-state index is -0.244. The predicted octanol–water partition coefficient (Wildman–Crippen LogP) is 4.39. The molecule has 1 heterocycles. The topological polar surface area (TPSA) is 21.3 Å². The van der Waals surface area contributed by atoms with Gasteiger partial charge in [-0.05, 0) is 36.1 Å². The van der Waals surface area contributed by atoms with Gasteiger partial charge in [-0.3, -0.25) is 5.32 Å². The lowest BCUT2D eigenvalue weighted by Crippen LogP contribution is -2.43. The first kappa shape index (κ1) is 15.9. The van der Waals surface area contributed by atoms with Crippen LogP contribution in [-0.4, -0.2) is 12.1 Å². The van der Waals surface area contributed by atoms with Crippen molar-refractivity contribution < 1.29 is 9.13 Å². The van der Waals surface area contributed by atoms with Gasteiger partial charge in [0.2, 0.25) is 0 Å². The molecule has 0 radical (unpaired) electrons. The van der Waals surface area contributed by atoms with E-state index in [1.54, 1.807) is 12.1 Å². The molecular weight excluding hydrogens is 289 g/mol. The van der Waals surface area contributed by atoms with Crippen molar-refractivity contribution in [3.63, 3.8) is 0 Å². The lowest BCUT2D eigenvalue weighted by atomic mass is 9.98. The summed E-state index contributed by atoms with van der Waals surface area (Å²) in [5, 5.41) is 3.57. The van der Waals surface area contributed by atoms with E-state index in [0.717, 1.165) is 24.0 Å². The third-order valence-corrected chi connectivity index (χ3v) is 4.45. The molecule has 0 amide bonds. The number of nitrogens with one attached hydrogen (secondary N) is 1. The minimum absolute atomic E-state index is 0.143. The minimum Gasteiger partial charge on any atom is -0.375 e. The molecule has 3 heteroatoms. The molecule has 2 aromatic carbocycles. The van der Waals surface area contributed by atoms with E-state index in [1.807, 2.05) is 30.3 Å². The van der Waals surface area contributed by atoms with Crippen LogP contribution in [0.5, 0.6) is 0 Å². The van der Waals surface area contributed by atoms with Crippen molar-refractivity contribution in [2.24, 2.45) is 0 Å². The molecule has 1 fully saturated rings. The highest BCUT2D eigenvalue weighted by Crippen LogP contribution is 2.34. The van der Waals surface area contributed by atoms with Crippen LogP contribution in [0, 0.1) is 5.82 Å². The van der Waals surface area contributed by atoms with Crippen LogP contribution < -0.4 is 5.32 Å². The molecule has 1 saturated heterocycles. The second-order valence-corrected chi connectivity index (χ2v) is 6.13. The van der Waals surface area contributed by atoms with E-state index in [-0.39, 0.29) is 17.4 Å². The lowest BCUT2D eigenvalue weighted by molar-refractivity contribution is 0.0801. The highest BCUT2D eigenvalue weighted by Gasteiger charge is 2.36. The summed E-state index contributed by atoms with van der Waals surface area (Å²) in [4.78, 5) is 0. The van der Waals surface area contributed by atoms with Gasteiger partial charge in [0.05, 0.1) is 18.8 Å². The highest BCUT2D eigenvalue weighted by molar-refractivity contribution is 5.24. The maximum absolute atomic E-state index is 13.4. The Morgan fingerprint density at radius 3 is 2.78 bits per heavy atom. The SMILES string of the molecule is C=C[C@@]1(COCc2ccccc2)CC[C@@H](c2cccc(F)c2)N1. The van der Waals surface area contributed by atoms with Crippen molar-refractivity contribution >= 4 is 0 Å². The molecule has 0 aromatic heterocycles. The first-order valence-electron chi connectivity index (χ1n) is 7.99. The average Bonchev–Trinajstić information content (AvgIpc) is 3.01. The Morgan fingerprint density at radius 2 is 2.04 bits per heavy atom. The van der Waals surface area contributed by atoms with Gasteiger partial charge in [0.25, 0.3) is 0 Å². The van der Waals surface area contributed by atoms with E-state index < -0.39 is 0 Å². The monoisotopic (exact) mass is 311 g/mol. The molecule has 2 aromatic rings. The van der Waals surface area contributed by atoms with Crippen molar-refractivity contribution in [2.75, 3.05) is 6.61 Å². The zero-order valence-corrected chi connectivity index (χ0v) is 13.2. The average molecular weight is 311 g/mol. The maximum Gasteiger partial charge on any atom is 0.123 e. The van der Waals surface area contributed by atoms with Crippen molar-refractivity contribution in [2.45, 2.75) is 31.0 Å². The normalized spacial score (nSPS) is 23.8. The number of hydrogen-bond acceptors (Lipinski definition) is 2. The fraction of sp³-hybridized carbons (Fsp3) is 0.300. The van der Waals surface area contributed by atoms with Crippen molar-refractivity contribution in [1.82, 2.24) is 5.32 Å². The zero-order valence-electron chi connectivity index (χ0n) is 13.2.